The van der Waals surface area contributed by atoms with E-state index in [-0.39, 0.29) is 17.8 Å². The third-order valence-corrected chi connectivity index (χ3v) is 4.32. The van der Waals surface area contributed by atoms with Gasteiger partial charge in [-0.2, -0.15) is 0 Å². The molecule has 2 atom stereocenters. The molecule has 108 valence electrons. The van der Waals surface area contributed by atoms with Crippen molar-refractivity contribution in [1.82, 2.24) is 5.32 Å². The number of rotatable bonds is 3. The lowest BCUT2D eigenvalue weighted by molar-refractivity contribution is -0.117. The molecule has 1 amide bonds. The molecule has 0 saturated heterocycles. The van der Waals surface area contributed by atoms with Gasteiger partial charge in [-0.15, -0.1) is 0 Å². The molecule has 0 aliphatic carbocycles. The quantitative estimate of drug-likeness (QED) is 0.882. The summed E-state index contributed by atoms with van der Waals surface area (Å²) in [5.74, 6) is -0.376. The zero-order valence-electron chi connectivity index (χ0n) is 11.4. The van der Waals surface area contributed by atoms with E-state index in [1.54, 1.807) is 6.07 Å². The topological polar surface area (TPSA) is 41.1 Å². The molecule has 2 aromatic carbocycles. The van der Waals surface area contributed by atoms with Crippen LogP contribution in [-0.2, 0) is 4.79 Å². The summed E-state index contributed by atoms with van der Waals surface area (Å²) in [6.45, 7) is 1.91. The molecule has 0 fully saturated rings. The first-order valence-electron chi connectivity index (χ1n) is 6.67. The monoisotopic (exact) mass is 348 g/mol. The van der Waals surface area contributed by atoms with Gasteiger partial charge in [-0.1, -0.05) is 34.1 Å². The molecule has 0 spiro atoms. The molecule has 1 heterocycles. The summed E-state index contributed by atoms with van der Waals surface area (Å²) < 4.78 is 14.2. The molecule has 5 heteroatoms. The number of carbonyl (C=O) groups is 1. The molecule has 0 saturated carbocycles. The lowest BCUT2D eigenvalue weighted by Gasteiger charge is -2.19. The number of benzene rings is 2. The minimum Gasteiger partial charge on any atom is -0.324 e. The number of amides is 1. The Bertz CT molecular complexity index is 704. The molecule has 3 rings (SSSR count). The molecule has 0 radical (unpaired) electrons. The van der Waals surface area contributed by atoms with Gasteiger partial charge in [-0.3, -0.25) is 10.1 Å². The Balaban J connectivity index is 1.87. The van der Waals surface area contributed by atoms with Gasteiger partial charge in [-0.05, 0) is 36.8 Å². The summed E-state index contributed by atoms with van der Waals surface area (Å²) in [7, 11) is 0. The summed E-state index contributed by atoms with van der Waals surface area (Å²) in [5, 5.41) is 6.11. The van der Waals surface area contributed by atoms with Crippen molar-refractivity contribution in [3.63, 3.8) is 0 Å². The normalized spacial score (nSPS) is 18.2. The van der Waals surface area contributed by atoms with E-state index in [4.69, 9.17) is 0 Å². The first-order chi connectivity index (χ1) is 10.1. The van der Waals surface area contributed by atoms with Crippen molar-refractivity contribution in [2.75, 3.05) is 5.32 Å². The predicted molar refractivity (Wildman–Crippen MR) is 83.5 cm³/mol. The van der Waals surface area contributed by atoms with E-state index in [9.17, 15) is 9.18 Å². The lowest BCUT2D eigenvalue weighted by Crippen LogP contribution is -2.30. The van der Waals surface area contributed by atoms with Gasteiger partial charge in [0.25, 0.3) is 0 Å². The minimum absolute atomic E-state index is 0.0971. The van der Waals surface area contributed by atoms with E-state index in [2.05, 4.69) is 26.6 Å². The summed E-state index contributed by atoms with van der Waals surface area (Å²) in [6, 6.07) is 11.4. The molecule has 1 aliphatic rings. The molecule has 0 bridgehead atoms. The van der Waals surface area contributed by atoms with Crippen molar-refractivity contribution >= 4 is 27.5 Å². The van der Waals surface area contributed by atoms with Gasteiger partial charge >= 0.3 is 0 Å². The van der Waals surface area contributed by atoms with Crippen LogP contribution in [0, 0.1) is 5.82 Å². The summed E-state index contributed by atoms with van der Waals surface area (Å²) in [6.07, 6.45) is 0. The van der Waals surface area contributed by atoms with Crippen LogP contribution in [0.5, 0.6) is 0 Å². The lowest BCUT2D eigenvalue weighted by atomic mass is 10.0. The molecule has 1 aliphatic heterocycles. The molecule has 2 aromatic rings. The average Bonchev–Trinajstić information content (AvgIpc) is 2.76. The Morgan fingerprint density at radius 2 is 2.05 bits per heavy atom. The van der Waals surface area contributed by atoms with E-state index in [0.29, 0.717) is 0 Å². The van der Waals surface area contributed by atoms with Crippen LogP contribution in [0.25, 0.3) is 0 Å². The number of hydrogen-bond donors (Lipinski definition) is 2. The maximum Gasteiger partial charge on any atom is 0.246 e. The van der Waals surface area contributed by atoms with E-state index in [0.717, 1.165) is 21.3 Å². The molecular weight excluding hydrogens is 335 g/mol. The van der Waals surface area contributed by atoms with Crippen LogP contribution in [-0.4, -0.2) is 5.91 Å². The van der Waals surface area contributed by atoms with Crippen LogP contribution < -0.4 is 10.6 Å². The van der Waals surface area contributed by atoms with Gasteiger partial charge in [0.05, 0.1) is 0 Å². The molecule has 0 aromatic heterocycles. The number of fused-ring (bicyclic) bond motifs is 1. The van der Waals surface area contributed by atoms with Crippen LogP contribution in [0.1, 0.15) is 30.1 Å². The van der Waals surface area contributed by atoms with E-state index >= 15 is 0 Å². The fourth-order valence-corrected chi connectivity index (χ4v) is 3.15. The zero-order valence-corrected chi connectivity index (χ0v) is 12.9. The van der Waals surface area contributed by atoms with Gasteiger partial charge < -0.3 is 5.32 Å². The fourth-order valence-electron chi connectivity index (χ4n) is 2.56. The third kappa shape index (κ3) is 2.71. The van der Waals surface area contributed by atoms with Crippen molar-refractivity contribution in [2.45, 2.75) is 19.0 Å². The Morgan fingerprint density at radius 3 is 2.81 bits per heavy atom. The number of anilines is 1. The maximum absolute atomic E-state index is 13.3. The van der Waals surface area contributed by atoms with Crippen LogP contribution in [0.15, 0.2) is 46.9 Å². The summed E-state index contributed by atoms with van der Waals surface area (Å²) in [4.78, 5) is 12.1. The summed E-state index contributed by atoms with van der Waals surface area (Å²) >= 11 is 3.48. The van der Waals surface area contributed by atoms with E-state index in [1.165, 1.54) is 12.1 Å². The maximum atomic E-state index is 13.3. The Hall–Kier alpha value is -1.72. The molecular formula is C16H14BrFN2O. The molecule has 2 N–H and O–H groups in total. The van der Waals surface area contributed by atoms with E-state index < -0.39 is 6.04 Å². The van der Waals surface area contributed by atoms with Crippen molar-refractivity contribution < 1.29 is 9.18 Å². The molecule has 3 nitrogen and oxygen atoms in total. The summed E-state index contributed by atoms with van der Waals surface area (Å²) in [5.41, 5.74) is 2.51. The largest absolute Gasteiger partial charge is 0.324 e. The number of halogens is 2. The first kappa shape index (κ1) is 14.2. The van der Waals surface area contributed by atoms with Crippen molar-refractivity contribution in [2.24, 2.45) is 0 Å². The van der Waals surface area contributed by atoms with Crippen LogP contribution in [0.2, 0.25) is 0 Å². The minimum atomic E-state index is -0.450. The van der Waals surface area contributed by atoms with Crippen molar-refractivity contribution in [3.8, 4) is 0 Å². The van der Waals surface area contributed by atoms with Crippen molar-refractivity contribution in [3.05, 3.63) is 63.9 Å². The SMILES string of the molecule is CC(NC1C(=O)Nc2cccc(Br)c21)c1cccc(F)c1. The fraction of sp³-hybridized carbons (Fsp3) is 0.188. The zero-order chi connectivity index (χ0) is 15.0. The number of nitrogens with one attached hydrogen (secondary N) is 2. The second kappa shape index (κ2) is 5.58. The van der Waals surface area contributed by atoms with Gasteiger partial charge in [0.2, 0.25) is 5.91 Å². The Morgan fingerprint density at radius 1 is 1.29 bits per heavy atom. The van der Waals surface area contributed by atoms with Crippen LogP contribution >= 0.6 is 15.9 Å². The highest BCUT2D eigenvalue weighted by molar-refractivity contribution is 9.10. The second-order valence-electron chi connectivity index (χ2n) is 5.07. The first-order valence-corrected chi connectivity index (χ1v) is 7.46. The highest BCUT2D eigenvalue weighted by Gasteiger charge is 2.33. The third-order valence-electron chi connectivity index (χ3n) is 3.63. The van der Waals surface area contributed by atoms with Crippen LogP contribution in [0.4, 0.5) is 10.1 Å². The van der Waals surface area contributed by atoms with Gasteiger partial charge in [0.1, 0.15) is 11.9 Å². The molecule has 2 unspecified atom stereocenters. The van der Waals surface area contributed by atoms with Crippen LogP contribution in [0.3, 0.4) is 0 Å². The average molecular weight is 349 g/mol. The Labute approximate surface area is 130 Å². The highest BCUT2D eigenvalue weighted by atomic mass is 79.9. The van der Waals surface area contributed by atoms with Gasteiger partial charge in [0.15, 0.2) is 0 Å². The second-order valence-corrected chi connectivity index (χ2v) is 5.92. The van der Waals surface area contributed by atoms with E-state index in [1.807, 2.05) is 31.2 Å². The smallest absolute Gasteiger partial charge is 0.246 e. The number of hydrogen-bond acceptors (Lipinski definition) is 2. The Kier molecular flexibility index (Phi) is 3.78. The molecule has 21 heavy (non-hydrogen) atoms. The standard InChI is InChI=1S/C16H14BrFN2O/c1-9(10-4-2-5-11(18)8-10)19-15-14-12(17)6-3-7-13(14)20-16(15)21/h2-9,15,19H,1H3,(H,20,21). The van der Waals surface area contributed by atoms with Crippen molar-refractivity contribution in [1.29, 1.82) is 0 Å². The highest BCUT2D eigenvalue weighted by Crippen LogP contribution is 2.37. The van der Waals surface area contributed by atoms with Gasteiger partial charge in [0, 0.05) is 21.8 Å². The number of carbonyl (C=O) groups excluding carboxylic acids is 1. The van der Waals surface area contributed by atoms with Gasteiger partial charge in [-0.25, -0.2) is 4.39 Å². The predicted octanol–water partition coefficient (Wildman–Crippen LogP) is 3.93.